The topological polar surface area (TPSA) is 121 Å². The van der Waals surface area contributed by atoms with E-state index in [1.807, 2.05) is 67.6 Å². The first kappa shape index (κ1) is 25.5. The van der Waals surface area contributed by atoms with Gasteiger partial charge in [-0.3, -0.25) is 13.9 Å². The number of benzene rings is 2. The van der Waals surface area contributed by atoms with Gasteiger partial charge in [0.2, 0.25) is 17.0 Å². The van der Waals surface area contributed by atoms with Crippen LogP contribution in [-0.2, 0) is 19.5 Å². The minimum atomic E-state index is -0.558. The predicted octanol–water partition coefficient (Wildman–Crippen LogP) is 4.52. The van der Waals surface area contributed by atoms with Gasteiger partial charge in [-0.25, -0.2) is 4.79 Å². The van der Waals surface area contributed by atoms with Gasteiger partial charge in [-0.05, 0) is 36.6 Å². The van der Waals surface area contributed by atoms with E-state index in [2.05, 4.69) is 20.1 Å². The molecular formula is C27H27ClN6O4. The smallest absolute Gasteiger partial charge is 0.332 e. The molecule has 11 heteroatoms. The highest BCUT2D eigenvalue weighted by atomic mass is 35.5. The lowest BCUT2D eigenvalue weighted by atomic mass is 10.1. The van der Waals surface area contributed by atoms with Crippen molar-refractivity contribution in [2.45, 2.75) is 51.8 Å². The van der Waals surface area contributed by atoms with E-state index < -0.39 is 17.4 Å². The fourth-order valence-corrected chi connectivity index (χ4v) is 4.43. The molecule has 0 saturated heterocycles. The van der Waals surface area contributed by atoms with Crippen LogP contribution < -0.4 is 16.0 Å². The lowest BCUT2D eigenvalue weighted by molar-refractivity contribution is 0.230. The van der Waals surface area contributed by atoms with Crippen molar-refractivity contribution in [3.05, 3.63) is 104 Å². The summed E-state index contributed by atoms with van der Waals surface area (Å²) in [7, 11) is 0. The minimum Gasteiger partial charge on any atom is -0.478 e. The molecule has 0 amide bonds. The number of nitrogens with one attached hydrogen (secondary N) is 1. The number of halogens is 1. The Bertz CT molecular complexity index is 1620. The molecule has 3 heterocycles. The van der Waals surface area contributed by atoms with Gasteiger partial charge in [0, 0.05) is 25.1 Å². The van der Waals surface area contributed by atoms with E-state index in [-0.39, 0.29) is 23.0 Å². The molecule has 5 aromatic rings. The van der Waals surface area contributed by atoms with Gasteiger partial charge in [0.15, 0.2) is 17.3 Å². The first-order valence-corrected chi connectivity index (χ1v) is 12.9. The normalized spacial score (nSPS) is 12.2. The van der Waals surface area contributed by atoms with Gasteiger partial charge in [0.1, 0.15) is 5.75 Å². The summed E-state index contributed by atoms with van der Waals surface area (Å²) in [6.45, 7) is 2.65. The highest BCUT2D eigenvalue weighted by molar-refractivity contribution is 6.28. The standard InChI is InChI=1S/C27H27ClN6O4/c1-2-3-16-33-24-21(30-26(28)31-24)25(35)34(27(33)36)17-10-15-20-29-23(32-38-20)22(18-11-6-4-7-12-18)37-19-13-8-5-9-14-19/h4-9,11-14,22H,2-3,10,15-17H2,1H3,(H,30,31). The summed E-state index contributed by atoms with van der Waals surface area (Å²) in [5.41, 5.74) is 0.514. The van der Waals surface area contributed by atoms with E-state index >= 15 is 0 Å². The number of hydrogen-bond donors (Lipinski definition) is 1. The second-order valence-electron chi connectivity index (χ2n) is 8.84. The van der Waals surface area contributed by atoms with E-state index in [1.54, 1.807) is 0 Å². The summed E-state index contributed by atoms with van der Waals surface area (Å²) in [4.78, 5) is 37.6. The molecule has 1 atom stereocenters. The molecule has 0 spiro atoms. The van der Waals surface area contributed by atoms with Crippen molar-refractivity contribution in [1.82, 2.24) is 29.2 Å². The lowest BCUT2D eigenvalue weighted by Gasteiger charge is -2.16. The van der Waals surface area contributed by atoms with Crippen molar-refractivity contribution in [3.8, 4) is 5.75 Å². The number of para-hydroxylation sites is 1. The minimum absolute atomic E-state index is 0.0728. The summed E-state index contributed by atoms with van der Waals surface area (Å²) in [5, 5.41) is 4.24. The number of fused-ring (bicyclic) bond motifs is 1. The zero-order valence-corrected chi connectivity index (χ0v) is 21.6. The number of hydrogen-bond acceptors (Lipinski definition) is 7. The van der Waals surface area contributed by atoms with E-state index in [9.17, 15) is 9.59 Å². The molecule has 1 unspecified atom stereocenters. The van der Waals surface area contributed by atoms with E-state index in [1.165, 1.54) is 9.13 Å². The molecule has 0 aliphatic heterocycles. The quantitative estimate of drug-likeness (QED) is 0.247. The lowest BCUT2D eigenvalue weighted by Crippen LogP contribution is -2.40. The summed E-state index contributed by atoms with van der Waals surface area (Å²) in [5.74, 6) is 1.46. The number of unbranched alkanes of at least 4 members (excludes halogenated alkanes) is 1. The van der Waals surface area contributed by atoms with Crippen molar-refractivity contribution in [2.24, 2.45) is 0 Å². The van der Waals surface area contributed by atoms with Crippen LogP contribution in [0.3, 0.4) is 0 Å². The summed E-state index contributed by atoms with van der Waals surface area (Å²) < 4.78 is 14.4. The maximum absolute atomic E-state index is 13.1. The van der Waals surface area contributed by atoms with Gasteiger partial charge >= 0.3 is 5.69 Å². The van der Waals surface area contributed by atoms with Gasteiger partial charge < -0.3 is 14.2 Å². The third kappa shape index (κ3) is 5.40. The first-order valence-electron chi connectivity index (χ1n) is 12.5. The van der Waals surface area contributed by atoms with Gasteiger partial charge in [-0.1, -0.05) is 67.0 Å². The maximum Gasteiger partial charge on any atom is 0.332 e. The summed E-state index contributed by atoms with van der Waals surface area (Å²) in [6, 6.07) is 19.1. The second kappa shape index (κ2) is 11.5. The van der Waals surface area contributed by atoms with Gasteiger partial charge in [-0.2, -0.15) is 9.97 Å². The molecule has 0 fully saturated rings. The van der Waals surface area contributed by atoms with Crippen LogP contribution >= 0.6 is 11.6 Å². The molecule has 0 radical (unpaired) electrons. The molecule has 38 heavy (non-hydrogen) atoms. The third-order valence-corrected chi connectivity index (χ3v) is 6.34. The number of aromatic nitrogens is 6. The maximum atomic E-state index is 13.1. The van der Waals surface area contributed by atoms with Crippen molar-refractivity contribution in [3.63, 3.8) is 0 Å². The average Bonchev–Trinajstić information content (AvgIpc) is 3.57. The molecule has 0 aliphatic carbocycles. The second-order valence-corrected chi connectivity index (χ2v) is 9.20. The number of aryl methyl sites for hydroxylation is 2. The number of nitrogens with zero attached hydrogens (tertiary/aromatic N) is 5. The Labute approximate surface area is 222 Å². The number of imidazole rings is 1. The van der Waals surface area contributed by atoms with Crippen LogP contribution in [0.5, 0.6) is 5.75 Å². The highest BCUT2D eigenvalue weighted by Crippen LogP contribution is 2.26. The van der Waals surface area contributed by atoms with Crippen LogP contribution in [-0.4, -0.2) is 29.2 Å². The summed E-state index contributed by atoms with van der Waals surface area (Å²) in [6.07, 6.45) is 1.92. The Morgan fingerprint density at radius 1 is 0.974 bits per heavy atom. The monoisotopic (exact) mass is 534 g/mol. The largest absolute Gasteiger partial charge is 0.478 e. The molecule has 0 aliphatic rings. The Morgan fingerprint density at radius 2 is 1.68 bits per heavy atom. The molecule has 10 nitrogen and oxygen atoms in total. The van der Waals surface area contributed by atoms with Crippen LogP contribution in [0.4, 0.5) is 0 Å². The number of H-pyrrole nitrogens is 1. The fourth-order valence-electron chi connectivity index (χ4n) is 4.25. The van der Waals surface area contributed by atoms with Crippen LogP contribution in [0.1, 0.15) is 49.6 Å². The Hall–Kier alpha value is -4.18. The molecule has 0 saturated carbocycles. The van der Waals surface area contributed by atoms with Gasteiger partial charge in [0.25, 0.3) is 5.56 Å². The fraction of sp³-hybridized carbons (Fsp3) is 0.296. The van der Waals surface area contributed by atoms with Crippen molar-refractivity contribution < 1.29 is 9.26 Å². The van der Waals surface area contributed by atoms with E-state index in [0.29, 0.717) is 36.9 Å². The zero-order valence-electron chi connectivity index (χ0n) is 20.8. The molecule has 0 bridgehead atoms. The predicted molar refractivity (Wildman–Crippen MR) is 143 cm³/mol. The van der Waals surface area contributed by atoms with Crippen LogP contribution in [0, 0.1) is 0 Å². The van der Waals surface area contributed by atoms with E-state index in [4.69, 9.17) is 20.9 Å². The summed E-state index contributed by atoms with van der Waals surface area (Å²) >= 11 is 6.01. The molecular weight excluding hydrogens is 508 g/mol. The first-order chi connectivity index (χ1) is 18.5. The molecule has 2 aromatic carbocycles. The van der Waals surface area contributed by atoms with Crippen molar-refractivity contribution >= 4 is 22.8 Å². The van der Waals surface area contributed by atoms with Crippen LogP contribution in [0.15, 0.2) is 74.8 Å². The third-order valence-electron chi connectivity index (χ3n) is 6.16. The van der Waals surface area contributed by atoms with Gasteiger partial charge in [0.05, 0.1) is 0 Å². The number of aromatic amines is 1. The average molecular weight is 535 g/mol. The Morgan fingerprint density at radius 3 is 2.42 bits per heavy atom. The molecule has 196 valence electrons. The SMILES string of the molecule is CCCCn1c(=O)n(CCCc2nc(C(Oc3ccccc3)c3ccccc3)no2)c(=O)c2[nH]c(Cl)nc21. The van der Waals surface area contributed by atoms with Gasteiger partial charge in [-0.15, -0.1) is 0 Å². The molecule has 5 rings (SSSR count). The van der Waals surface area contributed by atoms with Crippen LogP contribution in [0.2, 0.25) is 5.28 Å². The number of ether oxygens (including phenoxy) is 1. The highest BCUT2D eigenvalue weighted by Gasteiger charge is 2.23. The number of rotatable bonds is 11. The Balaban J connectivity index is 1.35. The zero-order chi connectivity index (χ0) is 26.5. The molecule has 1 N–H and O–H groups in total. The van der Waals surface area contributed by atoms with E-state index in [0.717, 1.165) is 18.4 Å². The van der Waals surface area contributed by atoms with Crippen molar-refractivity contribution in [1.29, 1.82) is 0 Å². The molecule has 3 aromatic heterocycles. The van der Waals surface area contributed by atoms with Crippen LogP contribution in [0.25, 0.3) is 11.2 Å². The van der Waals surface area contributed by atoms with Crippen molar-refractivity contribution in [2.75, 3.05) is 0 Å². The Kier molecular flexibility index (Phi) is 7.69.